The van der Waals surface area contributed by atoms with Crippen molar-refractivity contribution in [2.45, 2.75) is 51.6 Å². The van der Waals surface area contributed by atoms with Crippen LogP contribution in [-0.4, -0.2) is 24.0 Å². The molecule has 0 saturated heterocycles. The quantitative estimate of drug-likeness (QED) is 0.638. The van der Waals surface area contributed by atoms with Crippen molar-refractivity contribution in [3.8, 4) is 11.5 Å². The predicted molar refractivity (Wildman–Crippen MR) is 101 cm³/mol. The number of guanidine groups is 1. The van der Waals surface area contributed by atoms with Gasteiger partial charge in [-0.05, 0) is 43.7 Å². The first kappa shape index (κ1) is 17.5. The first-order valence-corrected chi connectivity index (χ1v) is 9.25. The lowest BCUT2D eigenvalue weighted by Crippen LogP contribution is -2.44. The third-order valence-corrected chi connectivity index (χ3v) is 5.00. The summed E-state index contributed by atoms with van der Waals surface area (Å²) in [6, 6.07) is 10.5. The van der Waals surface area contributed by atoms with Gasteiger partial charge in [-0.15, -0.1) is 0 Å². The summed E-state index contributed by atoms with van der Waals surface area (Å²) in [6.07, 6.45) is 8.08. The van der Waals surface area contributed by atoms with Crippen molar-refractivity contribution >= 4 is 5.96 Å². The van der Waals surface area contributed by atoms with Gasteiger partial charge in [0.1, 0.15) is 6.26 Å². The Balaban J connectivity index is 1.49. The molecule has 1 fully saturated rings. The Morgan fingerprint density at radius 2 is 1.96 bits per heavy atom. The minimum absolute atomic E-state index is 0.520. The van der Waals surface area contributed by atoms with E-state index in [0.717, 1.165) is 23.1 Å². The molecule has 134 valence electrons. The Kier molecular flexibility index (Phi) is 6.09. The zero-order valence-electron chi connectivity index (χ0n) is 15.2. The number of nitrogens with zero attached hydrogens (tertiary/aromatic N) is 2. The summed E-state index contributed by atoms with van der Waals surface area (Å²) in [5.41, 5.74) is 1.86. The van der Waals surface area contributed by atoms with Gasteiger partial charge in [0.05, 0.1) is 12.2 Å². The Labute approximate surface area is 150 Å². The maximum Gasteiger partial charge on any atom is 0.226 e. The van der Waals surface area contributed by atoms with E-state index in [1.807, 2.05) is 37.4 Å². The van der Waals surface area contributed by atoms with Gasteiger partial charge in [0, 0.05) is 18.7 Å². The van der Waals surface area contributed by atoms with Crippen molar-refractivity contribution < 1.29 is 4.42 Å². The summed E-state index contributed by atoms with van der Waals surface area (Å²) in [4.78, 5) is 8.88. The van der Waals surface area contributed by atoms with Crippen molar-refractivity contribution in [1.29, 1.82) is 0 Å². The van der Waals surface area contributed by atoms with Crippen LogP contribution in [0.15, 0.2) is 46.0 Å². The SMILES string of the molecule is CCC1CCC(NC(=NC)NCc2coc(-c3ccccc3)n2)CC1. The van der Waals surface area contributed by atoms with Gasteiger partial charge in [-0.1, -0.05) is 31.5 Å². The topological polar surface area (TPSA) is 62.5 Å². The number of oxazole rings is 1. The van der Waals surface area contributed by atoms with Gasteiger partial charge in [0.15, 0.2) is 5.96 Å². The first-order valence-electron chi connectivity index (χ1n) is 9.25. The Morgan fingerprint density at radius 1 is 1.20 bits per heavy atom. The van der Waals surface area contributed by atoms with E-state index in [1.165, 1.54) is 32.1 Å². The average molecular weight is 340 g/mol. The van der Waals surface area contributed by atoms with Gasteiger partial charge in [-0.25, -0.2) is 4.98 Å². The van der Waals surface area contributed by atoms with E-state index in [1.54, 1.807) is 6.26 Å². The molecular weight excluding hydrogens is 312 g/mol. The number of aromatic nitrogens is 1. The second-order valence-electron chi connectivity index (χ2n) is 6.71. The summed E-state index contributed by atoms with van der Waals surface area (Å²) < 4.78 is 5.58. The van der Waals surface area contributed by atoms with Crippen LogP contribution in [0.2, 0.25) is 0 Å². The fourth-order valence-electron chi connectivity index (χ4n) is 3.38. The highest BCUT2D eigenvalue weighted by Crippen LogP contribution is 2.26. The minimum atomic E-state index is 0.520. The Morgan fingerprint density at radius 3 is 2.64 bits per heavy atom. The van der Waals surface area contributed by atoms with Crippen LogP contribution in [0, 0.1) is 5.92 Å². The van der Waals surface area contributed by atoms with Crippen molar-refractivity contribution in [1.82, 2.24) is 15.6 Å². The third kappa shape index (κ3) is 4.84. The van der Waals surface area contributed by atoms with Crippen molar-refractivity contribution in [3.05, 3.63) is 42.3 Å². The molecule has 1 aliphatic rings. The predicted octanol–water partition coefficient (Wildman–Crippen LogP) is 3.98. The molecule has 2 aromatic rings. The summed E-state index contributed by atoms with van der Waals surface area (Å²) in [7, 11) is 1.81. The summed E-state index contributed by atoms with van der Waals surface area (Å²) in [5.74, 6) is 2.39. The van der Waals surface area contributed by atoms with E-state index in [-0.39, 0.29) is 0 Å². The third-order valence-electron chi connectivity index (χ3n) is 5.00. The fourth-order valence-corrected chi connectivity index (χ4v) is 3.38. The molecule has 0 aliphatic heterocycles. The lowest BCUT2D eigenvalue weighted by Gasteiger charge is -2.29. The van der Waals surface area contributed by atoms with Gasteiger partial charge in [-0.3, -0.25) is 4.99 Å². The van der Waals surface area contributed by atoms with E-state index in [0.29, 0.717) is 18.5 Å². The Hall–Kier alpha value is -2.30. The van der Waals surface area contributed by atoms with E-state index in [4.69, 9.17) is 4.42 Å². The second kappa shape index (κ2) is 8.70. The summed E-state index contributed by atoms with van der Waals surface area (Å²) in [5, 5.41) is 6.88. The van der Waals surface area contributed by atoms with Crippen LogP contribution >= 0.6 is 0 Å². The van der Waals surface area contributed by atoms with E-state index >= 15 is 0 Å². The number of hydrogen-bond donors (Lipinski definition) is 2. The van der Waals surface area contributed by atoms with Crippen LogP contribution in [-0.2, 0) is 6.54 Å². The molecule has 1 saturated carbocycles. The smallest absolute Gasteiger partial charge is 0.226 e. The summed E-state index contributed by atoms with van der Waals surface area (Å²) >= 11 is 0. The molecule has 0 spiro atoms. The van der Waals surface area contributed by atoms with Crippen molar-refractivity contribution in [2.75, 3.05) is 7.05 Å². The summed E-state index contributed by atoms with van der Waals surface area (Å²) in [6.45, 7) is 2.89. The molecule has 5 nitrogen and oxygen atoms in total. The van der Waals surface area contributed by atoms with Crippen LogP contribution in [0.1, 0.15) is 44.7 Å². The molecule has 0 bridgehead atoms. The first-order chi connectivity index (χ1) is 12.3. The van der Waals surface area contributed by atoms with Gasteiger partial charge in [0.2, 0.25) is 5.89 Å². The highest BCUT2D eigenvalue weighted by Gasteiger charge is 2.20. The van der Waals surface area contributed by atoms with Crippen LogP contribution in [0.25, 0.3) is 11.5 Å². The zero-order chi connectivity index (χ0) is 17.5. The maximum atomic E-state index is 5.58. The normalized spacial score (nSPS) is 21.1. The minimum Gasteiger partial charge on any atom is -0.444 e. The average Bonchev–Trinajstić information content (AvgIpc) is 3.15. The molecule has 1 aromatic heterocycles. The number of aliphatic imine (C=N–C) groups is 1. The largest absolute Gasteiger partial charge is 0.444 e. The zero-order valence-corrected chi connectivity index (χ0v) is 15.2. The van der Waals surface area contributed by atoms with Gasteiger partial charge >= 0.3 is 0 Å². The van der Waals surface area contributed by atoms with E-state index < -0.39 is 0 Å². The molecule has 0 amide bonds. The number of rotatable bonds is 5. The van der Waals surface area contributed by atoms with E-state index in [9.17, 15) is 0 Å². The molecule has 3 rings (SSSR count). The molecule has 2 N–H and O–H groups in total. The standard InChI is InChI=1S/C20H28N4O/c1-3-15-9-11-17(12-10-15)24-20(21-2)22-13-18-14-25-19(23-18)16-7-5-4-6-8-16/h4-8,14-15,17H,3,9-13H2,1-2H3,(H2,21,22,24). The molecule has 1 heterocycles. The van der Waals surface area contributed by atoms with Crippen LogP contribution < -0.4 is 10.6 Å². The van der Waals surface area contributed by atoms with E-state index in [2.05, 4.69) is 27.5 Å². The van der Waals surface area contributed by atoms with Crippen LogP contribution in [0.3, 0.4) is 0 Å². The highest BCUT2D eigenvalue weighted by atomic mass is 16.3. The maximum absolute atomic E-state index is 5.58. The van der Waals surface area contributed by atoms with Gasteiger partial charge in [-0.2, -0.15) is 0 Å². The monoisotopic (exact) mass is 340 g/mol. The van der Waals surface area contributed by atoms with Crippen LogP contribution in [0.4, 0.5) is 0 Å². The van der Waals surface area contributed by atoms with Gasteiger partial charge in [0.25, 0.3) is 0 Å². The Bertz CT molecular complexity index is 672. The number of benzene rings is 1. The second-order valence-corrected chi connectivity index (χ2v) is 6.71. The molecule has 25 heavy (non-hydrogen) atoms. The highest BCUT2D eigenvalue weighted by molar-refractivity contribution is 5.79. The molecule has 1 aliphatic carbocycles. The van der Waals surface area contributed by atoms with Gasteiger partial charge < -0.3 is 15.1 Å². The lowest BCUT2D eigenvalue weighted by molar-refractivity contribution is 0.304. The molecule has 5 heteroatoms. The molecule has 0 radical (unpaired) electrons. The van der Waals surface area contributed by atoms with Crippen molar-refractivity contribution in [3.63, 3.8) is 0 Å². The number of hydrogen-bond acceptors (Lipinski definition) is 3. The molecule has 0 atom stereocenters. The van der Waals surface area contributed by atoms with Crippen LogP contribution in [0.5, 0.6) is 0 Å². The lowest BCUT2D eigenvalue weighted by atomic mass is 9.84. The fraction of sp³-hybridized carbons (Fsp3) is 0.500. The van der Waals surface area contributed by atoms with Crippen molar-refractivity contribution in [2.24, 2.45) is 10.9 Å². The molecule has 1 aromatic carbocycles. The molecular formula is C20H28N4O. The number of nitrogens with one attached hydrogen (secondary N) is 2. The molecule has 0 unspecified atom stereocenters.